The Hall–Kier alpha value is -2.00. The summed E-state index contributed by atoms with van der Waals surface area (Å²) in [6, 6.07) is 4.18. The molecule has 0 aliphatic heterocycles. The lowest BCUT2D eigenvalue weighted by Crippen LogP contribution is -2.12. The molecule has 110 valence electrons. The van der Waals surface area contributed by atoms with Crippen LogP contribution in [0, 0.1) is 10.1 Å². The number of nitrogens with zero attached hydrogens (tertiary/aromatic N) is 2. The Kier molecular flexibility index (Phi) is 4.86. The fraction of sp³-hybridized carbons (Fsp3) is 0.167. The van der Waals surface area contributed by atoms with Gasteiger partial charge in [0.2, 0.25) is 0 Å². The fourth-order valence-electron chi connectivity index (χ4n) is 1.65. The van der Waals surface area contributed by atoms with Crippen LogP contribution in [0.3, 0.4) is 0 Å². The fourth-order valence-corrected chi connectivity index (χ4v) is 2.75. The number of thiazole rings is 1. The third-order valence-electron chi connectivity index (χ3n) is 2.52. The lowest BCUT2D eigenvalue weighted by atomic mass is 10.1. The largest absolute Gasteiger partial charge is 0.380 e. The van der Waals surface area contributed by atoms with E-state index in [1.165, 1.54) is 29.5 Å². The Morgan fingerprint density at radius 2 is 2.29 bits per heavy atom. The topological polar surface area (TPSA) is 97.2 Å². The smallest absolute Gasteiger partial charge is 0.292 e. The molecule has 0 unspecified atom stereocenters. The SMILES string of the molecule is CCNc1cc(C(=O)Nc2ncc(Br)s2)ccc1[N+](=O)[O-]. The molecule has 21 heavy (non-hydrogen) atoms. The predicted molar refractivity (Wildman–Crippen MR) is 85.0 cm³/mol. The van der Waals surface area contributed by atoms with E-state index in [1.54, 1.807) is 6.20 Å². The molecule has 0 saturated carbocycles. The summed E-state index contributed by atoms with van der Waals surface area (Å²) < 4.78 is 0.801. The van der Waals surface area contributed by atoms with Crippen LogP contribution in [-0.2, 0) is 0 Å². The molecular weight excluding hydrogens is 360 g/mol. The van der Waals surface area contributed by atoms with Crippen molar-refractivity contribution in [3.63, 3.8) is 0 Å². The van der Waals surface area contributed by atoms with Crippen LogP contribution in [0.25, 0.3) is 0 Å². The molecule has 2 rings (SSSR count). The molecule has 0 bridgehead atoms. The summed E-state index contributed by atoms with van der Waals surface area (Å²) in [6.07, 6.45) is 1.58. The number of nitro benzene ring substituents is 1. The molecule has 0 aliphatic rings. The van der Waals surface area contributed by atoms with Gasteiger partial charge in [-0.1, -0.05) is 11.3 Å². The van der Waals surface area contributed by atoms with Gasteiger partial charge in [0.15, 0.2) is 5.13 Å². The number of hydrogen-bond acceptors (Lipinski definition) is 6. The summed E-state index contributed by atoms with van der Waals surface area (Å²) in [6.45, 7) is 2.34. The Balaban J connectivity index is 2.24. The lowest BCUT2D eigenvalue weighted by molar-refractivity contribution is -0.384. The number of nitro groups is 1. The predicted octanol–water partition coefficient (Wildman–Crippen LogP) is 3.50. The van der Waals surface area contributed by atoms with E-state index in [9.17, 15) is 14.9 Å². The van der Waals surface area contributed by atoms with Crippen LogP contribution in [0.1, 0.15) is 17.3 Å². The summed E-state index contributed by atoms with van der Waals surface area (Å²) in [5.74, 6) is -0.370. The van der Waals surface area contributed by atoms with Crippen molar-refractivity contribution in [1.29, 1.82) is 0 Å². The van der Waals surface area contributed by atoms with Gasteiger partial charge in [-0.2, -0.15) is 0 Å². The Morgan fingerprint density at radius 3 is 2.86 bits per heavy atom. The van der Waals surface area contributed by atoms with E-state index >= 15 is 0 Å². The van der Waals surface area contributed by atoms with Crippen LogP contribution < -0.4 is 10.6 Å². The Bertz CT molecular complexity index is 689. The average molecular weight is 371 g/mol. The van der Waals surface area contributed by atoms with Gasteiger partial charge in [0.05, 0.1) is 14.9 Å². The van der Waals surface area contributed by atoms with E-state index in [0.29, 0.717) is 22.9 Å². The first-order valence-electron chi connectivity index (χ1n) is 5.96. The number of hydrogen-bond donors (Lipinski definition) is 2. The van der Waals surface area contributed by atoms with E-state index in [-0.39, 0.29) is 11.6 Å². The highest BCUT2D eigenvalue weighted by Gasteiger charge is 2.17. The zero-order chi connectivity index (χ0) is 15.4. The lowest BCUT2D eigenvalue weighted by Gasteiger charge is -2.07. The first-order chi connectivity index (χ1) is 10.0. The summed E-state index contributed by atoms with van der Waals surface area (Å²) in [7, 11) is 0. The molecule has 0 saturated heterocycles. The third-order valence-corrected chi connectivity index (χ3v) is 3.91. The molecule has 2 aromatic rings. The van der Waals surface area contributed by atoms with Crippen LogP contribution in [0.15, 0.2) is 28.2 Å². The first kappa shape index (κ1) is 15.4. The van der Waals surface area contributed by atoms with E-state index in [1.807, 2.05) is 6.92 Å². The van der Waals surface area contributed by atoms with Crippen LogP contribution in [0.2, 0.25) is 0 Å². The second-order valence-corrected chi connectivity index (χ2v) is 6.35. The zero-order valence-electron chi connectivity index (χ0n) is 10.9. The minimum absolute atomic E-state index is 0.0645. The van der Waals surface area contributed by atoms with Gasteiger partial charge < -0.3 is 5.32 Å². The highest BCUT2D eigenvalue weighted by molar-refractivity contribution is 9.11. The molecule has 0 spiro atoms. The van der Waals surface area contributed by atoms with E-state index < -0.39 is 4.92 Å². The monoisotopic (exact) mass is 370 g/mol. The number of amides is 1. The maximum atomic E-state index is 12.1. The average Bonchev–Trinajstić information content (AvgIpc) is 2.84. The van der Waals surface area contributed by atoms with E-state index in [0.717, 1.165) is 3.79 Å². The molecule has 2 N–H and O–H groups in total. The van der Waals surface area contributed by atoms with Crippen LogP contribution in [0.4, 0.5) is 16.5 Å². The minimum atomic E-state index is -0.488. The normalized spacial score (nSPS) is 10.2. The van der Waals surface area contributed by atoms with Gasteiger partial charge in [0, 0.05) is 18.2 Å². The third kappa shape index (κ3) is 3.76. The standard InChI is InChI=1S/C12H11BrN4O3S/c1-2-14-8-5-7(3-4-9(8)17(19)20)11(18)16-12-15-6-10(13)21-12/h3-6,14H,2H2,1H3,(H,15,16,18). The molecule has 7 nitrogen and oxygen atoms in total. The quantitative estimate of drug-likeness (QED) is 0.619. The molecule has 1 heterocycles. The number of benzene rings is 1. The van der Waals surface area contributed by atoms with Crippen molar-refractivity contribution >= 4 is 49.7 Å². The van der Waals surface area contributed by atoms with Gasteiger partial charge in [-0.05, 0) is 35.0 Å². The minimum Gasteiger partial charge on any atom is -0.380 e. The highest BCUT2D eigenvalue weighted by atomic mass is 79.9. The maximum Gasteiger partial charge on any atom is 0.292 e. The van der Waals surface area contributed by atoms with E-state index in [2.05, 4.69) is 31.5 Å². The van der Waals surface area contributed by atoms with Gasteiger partial charge in [-0.15, -0.1) is 0 Å². The summed E-state index contributed by atoms with van der Waals surface area (Å²) in [5, 5.41) is 16.9. The Morgan fingerprint density at radius 1 is 1.52 bits per heavy atom. The number of rotatable bonds is 5. The first-order valence-corrected chi connectivity index (χ1v) is 7.57. The molecule has 9 heteroatoms. The second-order valence-electron chi connectivity index (χ2n) is 3.94. The van der Waals surface area contributed by atoms with Crippen LogP contribution >= 0.6 is 27.3 Å². The van der Waals surface area contributed by atoms with Crippen molar-refractivity contribution in [3.8, 4) is 0 Å². The van der Waals surface area contributed by atoms with Gasteiger partial charge in [0.25, 0.3) is 11.6 Å². The highest BCUT2D eigenvalue weighted by Crippen LogP contribution is 2.27. The molecule has 0 radical (unpaired) electrons. The van der Waals surface area contributed by atoms with Crippen LogP contribution in [-0.4, -0.2) is 22.4 Å². The van der Waals surface area contributed by atoms with Gasteiger partial charge in [-0.3, -0.25) is 20.2 Å². The van der Waals surface area contributed by atoms with Crippen molar-refractivity contribution in [1.82, 2.24) is 4.98 Å². The molecule has 0 fully saturated rings. The second kappa shape index (κ2) is 6.64. The molecule has 0 atom stereocenters. The van der Waals surface area contributed by atoms with Gasteiger partial charge in [0.1, 0.15) is 5.69 Å². The molecular formula is C12H11BrN4O3S. The number of carbonyl (C=O) groups is 1. The number of nitrogens with one attached hydrogen (secondary N) is 2. The summed E-state index contributed by atoms with van der Waals surface area (Å²) in [4.78, 5) is 26.5. The van der Waals surface area contributed by atoms with Crippen molar-refractivity contribution in [3.05, 3.63) is 43.9 Å². The van der Waals surface area contributed by atoms with Crippen LogP contribution in [0.5, 0.6) is 0 Å². The number of carbonyl (C=O) groups excluding carboxylic acids is 1. The maximum absolute atomic E-state index is 12.1. The van der Waals surface area contributed by atoms with Gasteiger partial charge in [-0.25, -0.2) is 4.98 Å². The molecule has 1 aromatic heterocycles. The van der Waals surface area contributed by atoms with Crippen molar-refractivity contribution in [2.75, 3.05) is 17.2 Å². The zero-order valence-corrected chi connectivity index (χ0v) is 13.3. The van der Waals surface area contributed by atoms with Crippen molar-refractivity contribution in [2.45, 2.75) is 6.92 Å². The van der Waals surface area contributed by atoms with Crippen molar-refractivity contribution < 1.29 is 9.72 Å². The molecule has 0 aliphatic carbocycles. The number of aromatic nitrogens is 1. The summed E-state index contributed by atoms with van der Waals surface area (Å²) >= 11 is 4.54. The number of anilines is 2. The Labute approximate surface area is 132 Å². The van der Waals surface area contributed by atoms with Gasteiger partial charge >= 0.3 is 0 Å². The van der Waals surface area contributed by atoms with E-state index in [4.69, 9.17) is 0 Å². The van der Waals surface area contributed by atoms with Crippen molar-refractivity contribution in [2.24, 2.45) is 0 Å². The summed E-state index contributed by atoms with van der Waals surface area (Å²) in [5.41, 5.74) is 0.573. The molecule has 1 amide bonds. The molecule has 1 aromatic carbocycles. The number of halogens is 1.